The summed E-state index contributed by atoms with van der Waals surface area (Å²) in [6.07, 6.45) is -3.18. The highest BCUT2D eigenvalue weighted by Crippen LogP contribution is 2.24. The highest BCUT2D eigenvalue weighted by atomic mass is 35.5. The molecule has 0 saturated carbocycles. The summed E-state index contributed by atoms with van der Waals surface area (Å²) in [4.78, 5) is 34.5. The fraction of sp³-hybridized carbons (Fsp3) is 0.269. The number of hydrogen-bond acceptors (Lipinski definition) is 8. The lowest BCUT2D eigenvalue weighted by molar-refractivity contribution is -0.207. The third-order valence-corrected chi connectivity index (χ3v) is 6.53. The fourth-order valence-electron chi connectivity index (χ4n) is 4.12. The summed E-state index contributed by atoms with van der Waals surface area (Å²) in [5.74, 6) is -0.225. The summed E-state index contributed by atoms with van der Waals surface area (Å²) in [5, 5.41) is 22.9. The number of aliphatic hydroxyl groups excluding tert-OH is 1. The minimum absolute atomic E-state index is 0.0536. The lowest BCUT2D eigenvalue weighted by atomic mass is 10.1. The quantitative estimate of drug-likeness (QED) is 0.241. The van der Waals surface area contributed by atoms with Crippen LogP contribution in [0.15, 0.2) is 66.0 Å². The second-order valence-corrected chi connectivity index (χ2v) is 9.61. The van der Waals surface area contributed by atoms with Crippen LogP contribution in [-0.2, 0) is 26.1 Å². The molecular formula is C26H23ClF3N9O3. The second-order valence-electron chi connectivity index (χ2n) is 9.17. The smallest absolute Gasteiger partial charge is 0.382 e. The summed E-state index contributed by atoms with van der Waals surface area (Å²) in [6.45, 7) is 1.18. The van der Waals surface area contributed by atoms with E-state index in [1.807, 2.05) is 6.92 Å². The number of carbonyl (C=O) groups excluding carboxylic acids is 1. The molecule has 0 aliphatic carbocycles. The Labute approximate surface area is 240 Å². The number of benzene rings is 1. The Balaban J connectivity index is 1.43. The molecule has 1 aromatic carbocycles. The predicted octanol–water partition coefficient (Wildman–Crippen LogP) is 2.95. The topological polar surface area (TPSA) is 139 Å². The third kappa shape index (κ3) is 6.16. The van der Waals surface area contributed by atoms with Crippen molar-refractivity contribution in [1.82, 2.24) is 43.9 Å². The summed E-state index contributed by atoms with van der Waals surface area (Å²) in [6, 6.07) is 11.0. The van der Waals surface area contributed by atoms with Crippen LogP contribution >= 0.6 is 11.6 Å². The van der Waals surface area contributed by atoms with Crippen molar-refractivity contribution in [3.63, 3.8) is 0 Å². The van der Waals surface area contributed by atoms with Gasteiger partial charge in [0.15, 0.2) is 23.5 Å². The Morgan fingerprint density at radius 1 is 1.07 bits per heavy atom. The SMILES string of the molecule is CCn1ccc(C(=O)Cc2ncccc2-n2cnc(Cn3nc(-c4ccc(Cl)cc4)n(C[C@H](O)C(F)(F)F)c3=O)n2)n1. The molecule has 0 unspecified atom stereocenters. The summed E-state index contributed by atoms with van der Waals surface area (Å²) < 4.78 is 44.1. The van der Waals surface area contributed by atoms with Crippen molar-refractivity contribution in [2.24, 2.45) is 0 Å². The van der Waals surface area contributed by atoms with E-state index < -0.39 is 24.5 Å². The van der Waals surface area contributed by atoms with Gasteiger partial charge in [-0.1, -0.05) is 11.6 Å². The number of rotatable bonds is 10. The van der Waals surface area contributed by atoms with Gasteiger partial charge < -0.3 is 5.11 Å². The van der Waals surface area contributed by atoms with Crippen molar-refractivity contribution in [3.8, 4) is 17.1 Å². The van der Waals surface area contributed by atoms with E-state index in [-0.39, 0.29) is 30.4 Å². The van der Waals surface area contributed by atoms with Crippen LogP contribution < -0.4 is 5.69 Å². The van der Waals surface area contributed by atoms with E-state index >= 15 is 0 Å². The minimum Gasteiger partial charge on any atom is -0.382 e. The molecule has 1 atom stereocenters. The summed E-state index contributed by atoms with van der Waals surface area (Å²) in [5.41, 5.74) is 0.593. The van der Waals surface area contributed by atoms with Gasteiger partial charge in [-0.25, -0.2) is 19.1 Å². The number of Topliss-reactive ketones (excluding diaryl/α,β-unsaturated/α-hetero) is 1. The lowest BCUT2D eigenvalue weighted by Gasteiger charge is -2.15. The van der Waals surface area contributed by atoms with Crippen molar-refractivity contribution >= 4 is 17.4 Å². The number of hydrogen-bond donors (Lipinski definition) is 1. The maximum atomic E-state index is 13.1. The molecule has 5 aromatic rings. The molecule has 0 amide bonds. The second kappa shape index (κ2) is 11.7. The number of aromatic nitrogens is 9. The number of ketones is 1. The average Bonchev–Trinajstić information content (AvgIpc) is 3.70. The standard InChI is InChI=1S/C26H23ClF3N9O3/c1-2-36-11-9-18(33-36)21(40)12-19-20(4-3-10-31-19)39-15-32-23(34-39)14-38-25(42)37(13-22(41)26(28,29)30)24(35-38)16-5-7-17(27)8-6-16/h3-11,15,22,41H,2,12-14H2,1H3/t22-/m0/s1. The fourth-order valence-corrected chi connectivity index (χ4v) is 4.25. The summed E-state index contributed by atoms with van der Waals surface area (Å²) in [7, 11) is 0. The van der Waals surface area contributed by atoms with Gasteiger partial charge in [0.25, 0.3) is 0 Å². The highest BCUT2D eigenvalue weighted by Gasteiger charge is 2.39. The van der Waals surface area contributed by atoms with Crippen LogP contribution in [0.4, 0.5) is 13.2 Å². The number of aryl methyl sites for hydroxylation is 1. The zero-order chi connectivity index (χ0) is 30.0. The Morgan fingerprint density at radius 2 is 1.83 bits per heavy atom. The van der Waals surface area contributed by atoms with Crippen LogP contribution in [0.3, 0.4) is 0 Å². The van der Waals surface area contributed by atoms with Crippen molar-refractivity contribution in [2.45, 2.75) is 45.3 Å². The van der Waals surface area contributed by atoms with Gasteiger partial charge in [0.2, 0.25) is 0 Å². The molecule has 16 heteroatoms. The van der Waals surface area contributed by atoms with Crippen LogP contribution in [-0.4, -0.2) is 67.0 Å². The molecule has 218 valence electrons. The monoisotopic (exact) mass is 601 g/mol. The maximum Gasteiger partial charge on any atom is 0.416 e. The van der Waals surface area contributed by atoms with Crippen LogP contribution in [0.1, 0.15) is 28.9 Å². The first-order valence-electron chi connectivity index (χ1n) is 12.6. The largest absolute Gasteiger partial charge is 0.416 e. The van der Waals surface area contributed by atoms with Crippen molar-refractivity contribution in [1.29, 1.82) is 0 Å². The van der Waals surface area contributed by atoms with Crippen LogP contribution in [0.25, 0.3) is 17.1 Å². The Hall–Kier alpha value is -4.63. The lowest BCUT2D eigenvalue weighted by Crippen LogP contribution is -2.37. The van der Waals surface area contributed by atoms with Crippen LogP contribution in [0, 0.1) is 0 Å². The number of halogens is 4. The molecule has 4 aromatic heterocycles. The number of pyridine rings is 1. The highest BCUT2D eigenvalue weighted by molar-refractivity contribution is 6.30. The molecule has 0 bridgehead atoms. The van der Waals surface area contributed by atoms with E-state index in [0.29, 0.717) is 34.2 Å². The third-order valence-electron chi connectivity index (χ3n) is 6.28. The molecule has 0 fully saturated rings. The number of aliphatic hydroxyl groups is 1. The molecule has 0 saturated heterocycles. The average molecular weight is 602 g/mol. The molecule has 12 nitrogen and oxygen atoms in total. The van der Waals surface area contributed by atoms with Gasteiger partial charge in [-0.2, -0.15) is 18.3 Å². The normalized spacial score (nSPS) is 12.5. The number of nitrogens with zero attached hydrogens (tertiary/aromatic N) is 9. The van der Waals surface area contributed by atoms with E-state index in [2.05, 4.69) is 25.3 Å². The van der Waals surface area contributed by atoms with E-state index in [4.69, 9.17) is 11.6 Å². The predicted molar refractivity (Wildman–Crippen MR) is 143 cm³/mol. The van der Waals surface area contributed by atoms with Gasteiger partial charge in [-0.3, -0.25) is 19.0 Å². The Morgan fingerprint density at radius 3 is 2.52 bits per heavy atom. The number of alkyl halides is 3. The van der Waals surface area contributed by atoms with Gasteiger partial charge in [0.05, 0.1) is 24.3 Å². The van der Waals surface area contributed by atoms with E-state index in [9.17, 15) is 27.9 Å². The van der Waals surface area contributed by atoms with E-state index in [0.717, 1.165) is 9.25 Å². The summed E-state index contributed by atoms with van der Waals surface area (Å²) >= 11 is 5.93. The Kier molecular flexibility index (Phi) is 8.04. The first-order valence-corrected chi connectivity index (χ1v) is 13.0. The molecule has 4 heterocycles. The number of carbonyl (C=O) groups is 1. The van der Waals surface area contributed by atoms with Gasteiger partial charge in [0.1, 0.15) is 18.6 Å². The maximum absolute atomic E-state index is 13.1. The minimum atomic E-state index is -4.95. The van der Waals surface area contributed by atoms with Crippen molar-refractivity contribution < 1.29 is 23.1 Å². The van der Waals surface area contributed by atoms with E-state index in [1.165, 1.54) is 41.5 Å². The van der Waals surface area contributed by atoms with Gasteiger partial charge in [0, 0.05) is 29.5 Å². The Bertz CT molecular complexity index is 1770. The zero-order valence-electron chi connectivity index (χ0n) is 22.0. The molecule has 5 rings (SSSR count). The van der Waals surface area contributed by atoms with Gasteiger partial charge in [-0.15, -0.1) is 10.2 Å². The van der Waals surface area contributed by atoms with Gasteiger partial charge in [-0.05, 0) is 49.4 Å². The molecule has 0 spiro atoms. The molecule has 42 heavy (non-hydrogen) atoms. The first-order chi connectivity index (χ1) is 20.0. The van der Waals surface area contributed by atoms with Crippen molar-refractivity contribution in [3.05, 3.63) is 93.9 Å². The molecule has 0 aliphatic rings. The molecule has 0 aliphatic heterocycles. The first kappa shape index (κ1) is 28.9. The molecular weight excluding hydrogens is 579 g/mol. The molecule has 1 N–H and O–H groups in total. The van der Waals surface area contributed by atoms with Crippen molar-refractivity contribution in [2.75, 3.05) is 0 Å². The zero-order valence-corrected chi connectivity index (χ0v) is 22.7. The molecule has 0 radical (unpaired) electrons. The van der Waals surface area contributed by atoms with Crippen LogP contribution in [0.5, 0.6) is 0 Å². The van der Waals surface area contributed by atoms with Crippen LogP contribution in [0.2, 0.25) is 5.02 Å². The van der Waals surface area contributed by atoms with Gasteiger partial charge >= 0.3 is 11.9 Å². The van der Waals surface area contributed by atoms with E-state index in [1.54, 1.807) is 29.1 Å².